The van der Waals surface area contributed by atoms with E-state index in [0.29, 0.717) is 18.7 Å². The van der Waals surface area contributed by atoms with Crippen molar-refractivity contribution in [3.05, 3.63) is 47.9 Å². The van der Waals surface area contributed by atoms with Gasteiger partial charge < -0.3 is 9.32 Å². The molecule has 0 atom stereocenters. The summed E-state index contributed by atoms with van der Waals surface area (Å²) in [5.41, 5.74) is 0.385. The number of benzene rings is 1. The second-order valence-corrected chi connectivity index (χ2v) is 7.29. The van der Waals surface area contributed by atoms with Crippen LogP contribution < -0.4 is 4.90 Å². The average Bonchev–Trinajstić information content (AvgIpc) is 3.05. The number of hydrogen-bond acceptors (Lipinski definition) is 4. The molecule has 1 amide bonds. The second kappa shape index (κ2) is 7.00. The van der Waals surface area contributed by atoms with Crippen molar-refractivity contribution in [1.29, 1.82) is 0 Å². The standard InChI is InChI=1S/C17H21NO4S/c1-4-13-11-12-15(22-13)17(19)18(5-2)14-9-7-8-10-16(14)23(20,21)6-3/h7-12H,4-6H2,1-3H3. The highest BCUT2D eigenvalue weighted by Crippen LogP contribution is 2.27. The lowest BCUT2D eigenvalue weighted by Crippen LogP contribution is -2.31. The SMILES string of the molecule is CCc1ccc(C(=O)N(CC)c2ccccc2S(=O)(=O)CC)o1. The molecule has 23 heavy (non-hydrogen) atoms. The summed E-state index contributed by atoms with van der Waals surface area (Å²) in [6, 6.07) is 9.94. The molecule has 0 saturated heterocycles. The number of carbonyl (C=O) groups is 1. The molecule has 2 rings (SSSR count). The molecule has 0 aliphatic heterocycles. The first-order chi connectivity index (χ1) is 10.9. The average molecular weight is 335 g/mol. The molecule has 2 aromatic rings. The minimum Gasteiger partial charge on any atom is -0.456 e. The molecule has 1 aromatic carbocycles. The number of para-hydroxylation sites is 1. The zero-order valence-electron chi connectivity index (χ0n) is 13.6. The van der Waals surface area contributed by atoms with Crippen LogP contribution in [0.15, 0.2) is 45.7 Å². The highest BCUT2D eigenvalue weighted by atomic mass is 32.2. The number of furan rings is 1. The van der Waals surface area contributed by atoms with Crippen LogP contribution in [0.4, 0.5) is 5.69 Å². The first-order valence-electron chi connectivity index (χ1n) is 7.66. The van der Waals surface area contributed by atoms with Gasteiger partial charge in [-0.2, -0.15) is 0 Å². The Morgan fingerprint density at radius 1 is 1.09 bits per heavy atom. The third-order valence-electron chi connectivity index (χ3n) is 3.65. The Balaban J connectivity index is 2.48. The van der Waals surface area contributed by atoms with Gasteiger partial charge >= 0.3 is 0 Å². The van der Waals surface area contributed by atoms with E-state index in [1.165, 1.54) is 11.0 Å². The fourth-order valence-electron chi connectivity index (χ4n) is 2.34. The Labute approximate surface area is 136 Å². The fourth-order valence-corrected chi connectivity index (χ4v) is 3.43. The minimum atomic E-state index is -3.42. The highest BCUT2D eigenvalue weighted by molar-refractivity contribution is 7.91. The second-order valence-electron chi connectivity index (χ2n) is 5.04. The van der Waals surface area contributed by atoms with Gasteiger partial charge in [0.25, 0.3) is 5.91 Å². The molecule has 124 valence electrons. The summed E-state index contributed by atoms with van der Waals surface area (Å²) >= 11 is 0. The van der Waals surface area contributed by atoms with Crippen LogP contribution in [0.2, 0.25) is 0 Å². The van der Waals surface area contributed by atoms with Gasteiger partial charge in [0.1, 0.15) is 5.76 Å². The van der Waals surface area contributed by atoms with Crippen molar-refractivity contribution < 1.29 is 17.6 Å². The van der Waals surface area contributed by atoms with E-state index in [4.69, 9.17) is 4.42 Å². The first kappa shape index (κ1) is 17.3. The van der Waals surface area contributed by atoms with Crippen LogP contribution in [0.1, 0.15) is 37.1 Å². The molecule has 0 aliphatic carbocycles. The van der Waals surface area contributed by atoms with E-state index in [1.54, 1.807) is 44.2 Å². The van der Waals surface area contributed by atoms with Crippen LogP contribution in [0, 0.1) is 0 Å². The van der Waals surface area contributed by atoms with Crippen LogP contribution in [-0.2, 0) is 16.3 Å². The zero-order valence-corrected chi connectivity index (χ0v) is 14.4. The Bertz CT molecular complexity index is 792. The third-order valence-corrected chi connectivity index (χ3v) is 5.43. The molecule has 0 fully saturated rings. The van der Waals surface area contributed by atoms with Crippen LogP contribution in [0.5, 0.6) is 0 Å². The molecular weight excluding hydrogens is 314 g/mol. The molecule has 0 aliphatic rings. The number of nitrogens with zero attached hydrogens (tertiary/aromatic N) is 1. The molecule has 1 aromatic heterocycles. The molecule has 1 heterocycles. The first-order valence-corrected chi connectivity index (χ1v) is 9.32. The maximum atomic E-state index is 12.7. The lowest BCUT2D eigenvalue weighted by molar-refractivity contribution is 0.0959. The molecule has 0 bridgehead atoms. The van der Waals surface area contributed by atoms with Gasteiger partial charge in [-0.25, -0.2) is 8.42 Å². The zero-order chi connectivity index (χ0) is 17.0. The summed E-state index contributed by atoms with van der Waals surface area (Å²) in [6.07, 6.45) is 0.695. The number of hydrogen-bond donors (Lipinski definition) is 0. The Morgan fingerprint density at radius 2 is 1.78 bits per heavy atom. The normalized spacial score (nSPS) is 11.4. The monoisotopic (exact) mass is 335 g/mol. The molecule has 6 heteroatoms. The van der Waals surface area contributed by atoms with Gasteiger partial charge in [0.15, 0.2) is 15.6 Å². The molecule has 0 unspecified atom stereocenters. The Morgan fingerprint density at radius 3 is 2.35 bits per heavy atom. The van der Waals surface area contributed by atoms with Crippen molar-refractivity contribution in [2.24, 2.45) is 0 Å². The maximum Gasteiger partial charge on any atom is 0.293 e. The summed E-state index contributed by atoms with van der Waals surface area (Å²) in [5, 5.41) is 0. The maximum absolute atomic E-state index is 12.7. The summed E-state index contributed by atoms with van der Waals surface area (Å²) in [4.78, 5) is 14.3. The van der Waals surface area contributed by atoms with Crippen molar-refractivity contribution in [3.63, 3.8) is 0 Å². The Kier molecular flexibility index (Phi) is 5.26. The Hall–Kier alpha value is -2.08. The van der Waals surface area contributed by atoms with E-state index in [9.17, 15) is 13.2 Å². The van der Waals surface area contributed by atoms with Gasteiger partial charge in [-0.05, 0) is 31.2 Å². The fraction of sp³-hybridized carbons (Fsp3) is 0.353. The van der Waals surface area contributed by atoms with Crippen molar-refractivity contribution in [3.8, 4) is 0 Å². The molecular formula is C17H21NO4S. The van der Waals surface area contributed by atoms with Crippen molar-refractivity contribution >= 4 is 21.4 Å². The number of amides is 1. The van der Waals surface area contributed by atoms with Crippen LogP contribution >= 0.6 is 0 Å². The molecule has 0 spiro atoms. The van der Waals surface area contributed by atoms with Crippen LogP contribution in [0.25, 0.3) is 0 Å². The van der Waals surface area contributed by atoms with E-state index in [-0.39, 0.29) is 22.3 Å². The smallest absolute Gasteiger partial charge is 0.293 e. The highest BCUT2D eigenvalue weighted by Gasteiger charge is 2.25. The van der Waals surface area contributed by atoms with Crippen LogP contribution in [-0.4, -0.2) is 26.6 Å². The summed E-state index contributed by atoms with van der Waals surface area (Å²) in [6.45, 7) is 5.67. The van der Waals surface area contributed by atoms with Crippen LogP contribution in [0.3, 0.4) is 0 Å². The summed E-state index contributed by atoms with van der Waals surface area (Å²) < 4.78 is 30.1. The topological polar surface area (TPSA) is 67.6 Å². The third kappa shape index (κ3) is 3.47. The lowest BCUT2D eigenvalue weighted by atomic mass is 10.2. The number of carbonyl (C=O) groups excluding carboxylic acids is 1. The van der Waals surface area contributed by atoms with Gasteiger partial charge in [-0.1, -0.05) is 26.0 Å². The van der Waals surface area contributed by atoms with Gasteiger partial charge in [-0.3, -0.25) is 4.79 Å². The molecule has 0 radical (unpaired) electrons. The van der Waals surface area contributed by atoms with E-state index >= 15 is 0 Å². The number of aryl methyl sites for hydroxylation is 1. The number of anilines is 1. The van der Waals surface area contributed by atoms with E-state index in [1.807, 2.05) is 6.92 Å². The van der Waals surface area contributed by atoms with Crippen molar-refractivity contribution in [1.82, 2.24) is 0 Å². The van der Waals surface area contributed by atoms with Gasteiger partial charge in [-0.15, -0.1) is 0 Å². The van der Waals surface area contributed by atoms with Gasteiger partial charge in [0.2, 0.25) is 0 Å². The predicted octanol–water partition coefficient (Wildman–Crippen LogP) is 3.30. The number of sulfone groups is 1. The van der Waals surface area contributed by atoms with E-state index in [0.717, 1.165) is 5.76 Å². The van der Waals surface area contributed by atoms with Crippen molar-refractivity contribution in [2.75, 3.05) is 17.2 Å². The van der Waals surface area contributed by atoms with Gasteiger partial charge in [0.05, 0.1) is 16.3 Å². The molecule has 0 saturated carbocycles. The molecule has 0 N–H and O–H groups in total. The van der Waals surface area contributed by atoms with E-state index in [2.05, 4.69) is 0 Å². The van der Waals surface area contributed by atoms with E-state index < -0.39 is 9.84 Å². The quantitative estimate of drug-likeness (QED) is 0.812. The van der Waals surface area contributed by atoms with Crippen molar-refractivity contribution in [2.45, 2.75) is 32.1 Å². The summed E-state index contributed by atoms with van der Waals surface area (Å²) in [7, 11) is -3.42. The minimum absolute atomic E-state index is 0.0174. The van der Waals surface area contributed by atoms with Gasteiger partial charge in [0, 0.05) is 13.0 Å². The lowest BCUT2D eigenvalue weighted by Gasteiger charge is -2.22. The molecule has 5 nitrogen and oxygen atoms in total. The number of rotatable bonds is 6. The summed E-state index contributed by atoms with van der Waals surface area (Å²) in [5.74, 6) is 0.577. The largest absolute Gasteiger partial charge is 0.456 e. The predicted molar refractivity (Wildman–Crippen MR) is 89.6 cm³/mol.